The summed E-state index contributed by atoms with van der Waals surface area (Å²) in [5.41, 5.74) is 6.76. The molecular formula is C9H9IN2. The van der Waals surface area contributed by atoms with Crippen LogP contribution in [-0.4, -0.2) is 0 Å². The van der Waals surface area contributed by atoms with E-state index in [0.717, 1.165) is 5.56 Å². The molecule has 0 unspecified atom stereocenters. The molecule has 0 aromatic heterocycles. The van der Waals surface area contributed by atoms with Gasteiger partial charge in [-0.05, 0) is 40.3 Å². The molecule has 0 saturated carbocycles. The lowest BCUT2D eigenvalue weighted by molar-refractivity contribution is 0.748. The Kier molecular flexibility index (Phi) is 3.50. The summed E-state index contributed by atoms with van der Waals surface area (Å²) in [5, 5.41) is 8.42. The third kappa shape index (κ3) is 2.47. The Balaban J connectivity index is 2.76. The molecule has 1 aromatic rings. The molecular weight excluding hydrogens is 263 g/mol. The van der Waals surface area contributed by atoms with Gasteiger partial charge in [-0.15, -0.1) is 0 Å². The molecule has 62 valence electrons. The van der Waals surface area contributed by atoms with Gasteiger partial charge in [-0.3, -0.25) is 0 Å². The van der Waals surface area contributed by atoms with Crippen molar-refractivity contribution in [2.45, 2.75) is 12.5 Å². The Morgan fingerprint density at radius 2 is 2.00 bits per heavy atom. The molecule has 0 amide bonds. The molecule has 0 fully saturated rings. The lowest BCUT2D eigenvalue weighted by Crippen LogP contribution is -2.08. The standard InChI is InChI=1S/C9H9IN2/c10-8-3-1-7(2-4-8)9(12)5-6-11/h1-4,9H,5,12H2/t9-/m1/s1. The molecule has 2 nitrogen and oxygen atoms in total. The van der Waals surface area contributed by atoms with Crippen molar-refractivity contribution in [1.29, 1.82) is 5.26 Å². The number of rotatable bonds is 2. The highest BCUT2D eigenvalue weighted by Gasteiger charge is 2.03. The minimum absolute atomic E-state index is 0.146. The Bertz CT molecular complexity index is 286. The highest BCUT2D eigenvalue weighted by atomic mass is 127. The first-order chi connectivity index (χ1) is 5.74. The van der Waals surface area contributed by atoms with Crippen LogP contribution in [0.4, 0.5) is 0 Å². The van der Waals surface area contributed by atoms with E-state index in [4.69, 9.17) is 11.0 Å². The molecule has 0 aliphatic carbocycles. The normalized spacial score (nSPS) is 12.1. The van der Waals surface area contributed by atoms with Gasteiger partial charge in [-0.1, -0.05) is 12.1 Å². The van der Waals surface area contributed by atoms with Crippen molar-refractivity contribution < 1.29 is 0 Å². The molecule has 0 aliphatic rings. The molecule has 0 aliphatic heterocycles. The second-order valence-corrected chi connectivity index (χ2v) is 3.77. The van der Waals surface area contributed by atoms with Crippen molar-refractivity contribution in [2.75, 3.05) is 0 Å². The van der Waals surface area contributed by atoms with Crippen molar-refractivity contribution in [3.05, 3.63) is 33.4 Å². The second kappa shape index (κ2) is 4.43. The lowest BCUT2D eigenvalue weighted by Gasteiger charge is -2.06. The summed E-state index contributed by atoms with van der Waals surface area (Å²) in [6, 6.07) is 9.82. The summed E-state index contributed by atoms with van der Waals surface area (Å²) in [7, 11) is 0. The predicted octanol–water partition coefficient (Wildman–Crippen LogP) is 2.20. The van der Waals surface area contributed by atoms with E-state index in [1.807, 2.05) is 24.3 Å². The van der Waals surface area contributed by atoms with Crippen molar-refractivity contribution in [1.82, 2.24) is 0 Å². The maximum absolute atomic E-state index is 8.42. The van der Waals surface area contributed by atoms with E-state index in [2.05, 4.69) is 28.7 Å². The van der Waals surface area contributed by atoms with Gasteiger partial charge >= 0.3 is 0 Å². The van der Waals surface area contributed by atoms with Crippen LogP contribution in [0.25, 0.3) is 0 Å². The van der Waals surface area contributed by atoms with Gasteiger partial charge in [0.15, 0.2) is 0 Å². The fourth-order valence-corrected chi connectivity index (χ4v) is 1.29. The van der Waals surface area contributed by atoms with Crippen molar-refractivity contribution in [2.24, 2.45) is 5.73 Å². The maximum atomic E-state index is 8.42. The average molecular weight is 272 g/mol. The minimum atomic E-state index is -0.146. The Labute approximate surface area is 85.5 Å². The number of hydrogen-bond acceptors (Lipinski definition) is 2. The van der Waals surface area contributed by atoms with Gasteiger partial charge in [0.05, 0.1) is 12.5 Å². The molecule has 1 atom stereocenters. The SMILES string of the molecule is N#CC[C@@H](N)c1ccc(I)cc1. The fourth-order valence-electron chi connectivity index (χ4n) is 0.926. The van der Waals surface area contributed by atoms with Crippen molar-refractivity contribution in [3.63, 3.8) is 0 Å². The molecule has 1 aromatic carbocycles. The van der Waals surface area contributed by atoms with Gasteiger partial charge in [0.25, 0.3) is 0 Å². The number of nitriles is 1. The zero-order valence-electron chi connectivity index (χ0n) is 6.50. The highest BCUT2D eigenvalue weighted by molar-refractivity contribution is 14.1. The summed E-state index contributed by atoms with van der Waals surface area (Å²) >= 11 is 2.24. The first-order valence-corrected chi connectivity index (χ1v) is 4.70. The van der Waals surface area contributed by atoms with Crippen LogP contribution in [0.2, 0.25) is 0 Å². The Hall–Kier alpha value is -0.600. The molecule has 0 heterocycles. The molecule has 1 rings (SSSR count). The van der Waals surface area contributed by atoms with Gasteiger partial charge in [0, 0.05) is 9.61 Å². The second-order valence-electron chi connectivity index (χ2n) is 2.52. The van der Waals surface area contributed by atoms with Gasteiger partial charge in [-0.25, -0.2) is 0 Å². The van der Waals surface area contributed by atoms with Crippen LogP contribution in [0.5, 0.6) is 0 Å². The van der Waals surface area contributed by atoms with E-state index in [9.17, 15) is 0 Å². The summed E-state index contributed by atoms with van der Waals surface area (Å²) in [4.78, 5) is 0. The summed E-state index contributed by atoms with van der Waals surface area (Å²) in [6.07, 6.45) is 0.376. The summed E-state index contributed by atoms with van der Waals surface area (Å²) < 4.78 is 1.18. The topological polar surface area (TPSA) is 49.8 Å². The first-order valence-electron chi connectivity index (χ1n) is 3.62. The van der Waals surface area contributed by atoms with E-state index < -0.39 is 0 Å². The van der Waals surface area contributed by atoms with E-state index in [1.165, 1.54) is 3.57 Å². The average Bonchev–Trinajstić information content (AvgIpc) is 2.06. The van der Waals surface area contributed by atoms with Crippen LogP contribution in [0.15, 0.2) is 24.3 Å². The van der Waals surface area contributed by atoms with Gasteiger partial charge in [-0.2, -0.15) is 5.26 Å². The number of benzene rings is 1. The monoisotopic (exact) mass is 272 g/mol. The summed E-state index contributed by atoms with van der Waals surface area (Å²) in [5.74, 6) is 0. The molecule has 12 heavy (non-hydrogen) atoms. The fraction of sp³-hybridized carbons (Fsp3) is 0.222. The van der Waals surface area contributed by atoms with E-state index in [1.54, 1.807) is 0 Å². The van der Waals surface area contributed by atoms with Gasteiger partial charge in [0.2, 0.25) is 0 Å². The third-order valence-electron chi connectivity index (χ3n) is 1.61. The van der Waals surface area contributed by atoms with Crippen LogP contribution in [0.1, 0.15) is 18.0 Å². The quantitative estimate of drug-likeness (QED) is 0.839. The third-order valence-corrected chi connectivity index (χ3v) is 2.33. The predicted molar refractivity (Wildman–Crippen MR) is 56.3 cm³/mol. The molecule has 0 radical (unpaired) electrons. The van der Waals surface area contributed by atoms with Crippen LogP contribution >= 0.6 is 22.6 Å². The van der Waals surface area contributed by atoms with Crippen molar-refractivity contribution >= 4 is 22.6 Å². The number of nitrogens with zero attached hydrogens (tertiary/aromatic N) is 1. The van der Waals surface area contributed by atoms with Gasteiger partial charge in [0.1, 0.15) is 0 Å². The van der Waals surface area contributed by atoms with Gasteiger partial charge < -0.3 is 5.73 Å². The van der Waals surface area contributed by atoms with Crippen LogP contribution in [-0.2, 0) is 0 Å². The van der Waals surface area contributed by atoms with E-state index in [-0.39, 0.29) is 6.04 Å². The van der Waals surface area contributed by atoms with Crippen LogP contribution in [0, 0.1) is 14.9 Å². The van der Waals surface area contributed by atoms with E-state index >= 15 is 0 Å². The number of hydrogen-bond donors (Lipinski definition) is 1. The van der Waals surface area contributed by atoms with E-state index in [0.29, 0.717) is 6.42 Å². The Morgan fingerprint density at radius 3 is 2.50 bits per heavy atom. The van der Waals surface area contributed by atoms with Crippen molar-refractivity contribution in [3.8, 4) is 6.07 Å². The lowest BCUT2D eigenvalue weighted by atomic mass is 10.1. The molecule has 3 heteroatoms. The largest absolute Gasteiger partial charge is 0.323 e. The molecule has 0 bridgehead atoms. The highest BCUT2D eigenvalue weighted by Crippen LogP contribution is 2.14. The number of halogens is 1. The zero-order chi connectivity index (χ0) is 8.97. The Morgan fingerprint density at radius 1 is 1.42 bits per heavy atom. The molecule has 0 spiro atoms. The maximum Gasteiger partial charge on any atom is 0.0641 e. The molecule has 0 saturated heterocycles. The zero-order valence-corrected chi connectivity index (χ0v) is 8.65. The minimum Gasteiger partial charge on any atom is -0.323 e. The number of nitrogens with two attached hydrogens (primary N) is 1. The van der Waals surface area contributed by atoms with Crippen LogP contribution < -0.4 is 5.73 Å². The summed E-state index contributed by atoms with van der Waals surface area (Å²) in [6.45, 7) is 0. The smallest absolute Gasteiger partial charge is 0.0641 e. The van der Waals surface area contributed by atoms with Crippen LogP contribution in [0.3, 0.4) is 0 Å². The molecule has 2 N–H and O–H groups in total. The first kappa shape index (κ1) is 9.49.